The standard InChI is InChI=1S/C20H31NO2/c1-14(2)23-17(13-22-7)12-21-18-9-8-15(3)10-16(18)11-19(21)20(4,5)6/h8-11,14,17H,12-13H2,1-7H3. The van der Waals surface area contributed by atoms with Crippen molar-refractivity contribution in [2.24, 2.45) is 0 Å². The lowest BCUT2D eigenvalue weighted by molar-refractivity contribution is -0.0415. The highest BCUT2D eigenvalue weighted by Crippen LogP contribution is 2.30. The first kappa shape index (κ1) is 18.0. The topological polar surface area (TPSA) is 23.4 Å². The van der Waals surface area contributed by atoms with E-state index in [1.165, 1.54) is 22.2 Å². The van der Waals surface area contributed by atoms with Crippen molar-refractivity contribution in [3.63, 3.8) is 0 Å². The van der Waals surface area contributed by atoms with Gasteiger partial charge in [-0.3, -0.25) is 0 Å². The molecule has 0 radical (unpaired) electrons. The highest BCUT2D eigenvalue weighted by molar-refractivity contribution is 5.82. The maximum Gasteiger partial charge on any atom is 0.0990 e. The highest BCUT2D eigenvalue weighted by atomic mass is 16.5. The number of nitrogens with zero attached hydrogens (tertiary/aromatic N) is 1. The van der Waals surface area contributed by atoms with Crippen molar-refractivity contribution in [2.45, 2.75) is 65.7 Å². The van der Waals surface area contributed by atoms with Gasteiger partial charge in [0.1, 0.15) is 0 Å². The number of fused-ring (bicyclic) bond motifs is 1. The van der Waals surface area contributed by atoms with Crippen LogP contribution in [0, 0.1) is 6.92 Å². The van der Waals surface area contributed by atoms with Crippen LogP contribution in [0.15, 0.2) is 24.3 Å². The summed E-state index contributed by atoms with van der Waals surface area (Å²) in [5, 5.41) is 1.30. The summed E-state index contributed by atoms with van der Waals surface area (Å²) in [7, 11) is 1.73. The van der Waals surface area contributed by atoms with Crippen LogP contribution in [0.3, 0.4) is 0 Å². The Labute approximate surface area is 140 Å². The molecule has 0 aliphatic rings. The molecule has 1 unspecified atom stereocenters. The third kappa shape index (κ3) is 4.36. The minimum absolute atomic E-state index is 0.0537. The number of rotatable bonds is 6. The van der Waals surface area contributed by atoms with Gasteiger partial charge >= 0.3 is 0 Å². The highest BCUT2D eigenvalue weighted by Gasteiger charge is 2.23. The molecule has 2 rings (SSSR count). The van der Waals surface area contributed by atoms with Gasteiger partial charge in [0.25, 0.3) is 0 Å². The Balaban J connectivity index is 2.47. The molecule has 3 heteroatoms. The van der Waals surface area contributed by atoms with Gasteiger partial charge in [-0.05, 0) is 39.0 Å². The van der Waals surface area contributed by atoms with E-state index in [1.54, 1.807) is 7.11 Å². The maximum atomic E-state index is 6.06. The molecule has 1 aromatic heterocycles. The van der Waals surface area contributed by atoms with E-state index in [-0.39, 0.29) is 17.6 Å². The van der Waals surface area contributed by atoms with Crippen molar-refractivity contribution in [1.82, 2.24) is 4.57 Å². The summed E-state index contributed by atoms with van der Waals surface area (Å²) in [6.07, 6.45) is 0.246. The summed E-state index contributed by atoms with van der Waals surface area (Å²) in [6, 6.07) is 8.98. The summed E-state index contributed by atoms with van der Waals surface area (Å²) in [6.45, 7) is 14.5. The third-order valence-corrected chi connectivity index (χ3v) is 4.03. The van der Waals surface area contributed by atoms with E-state index in [4.69, 9.17) is 9.47 Å². The fraction of sp³-hybridized carbons (Fsp3) is 0.600. The van der Waals surface area contributed by atoms with E-state index in [1.807, 2.05) is 0 Å². The summed E-state index contributed by atoms with van der Waals surface area (Å²) >= 11 is 0. The average Bonchev–Trinajstić information content (AvgIpc) is 2.76. The monoisotopic (exact) mass is 317 g/mol. The molecule has 2 aromatic rings. The van der Waals surface area contributed by atoms with Crippen LogP contribution in [0.5, 0.6) is 0 Å². The largest absolute Gasteiger partial charge is 0.382 e. The van der Waals surface area contributed by atoms with Gasteiger partial charge in [0, 0.05) is 29.1 Å². The zero-order valence-electron chi connectivity index (χ0n) is 15.6. The van der Waals surface area contributed by atoms with Crippen LogP contribution in [-0.4, -0.2) is 30.5 Å². The van der Waals surface area contributed by atoms with Gasteiger partial charge in [0.15, 0.2) is 0 Å². The molecule has 0 N–H and O–H groups in total. The maximum absolute atomic E-state index is 6.06. The van der Waals surface area contributed by atoms with E-state index in [0.717, 1.165) is 6.54 Å². The molecular weight excluding hydrogens is 286 g/mol. The second-order valence-electron chi connectivity index (χ2n) is 7.71. The molecule has 1 heterocycles. The van der Waals surface area contributed by atoms with Crippen LogP contribution in [0.25, 0.3) is 10.9 Å². The van der Waals surface area contributed by atoms with E-state index < -0.39 is 0 Å². The predicted octanol–water partition coefficient (Wildman–Crippen LogP) is 4.69. The number of aromatic nitrogens is 1. The molecule has 0 fully saturated rings. The Bertz CT molecular complexity index is 649. The van der Waals surface area contributed by atoms with Crippen LogP contribution in [0.1, 0.15) is 45.9 Å². The Morgan fingerprint density at radius 1 is 1.13 bits per heavy atom. The molecule has 23 heavy (non-hydrogen) atoms. The summed E-state index contributed by atoms with van der Waals surface area (Å²) in [5.74, 6) is 0. The average molecular weight is 317 g/mol. The molecule has 1 aromatic carbocycles. The zero-order chi connectivity index (χ0) is 17.2. The molecule has 0 bridgehead atoms. The Hall–Kier alpha value is -1.32. The van der Waals surface area contributed by atoms with Gasteiger partial charge in [-0.15, -0.1) is 0 Å². The summed E-state index contributed by atoms with van der Waals surface area (Å²) in [5.41, 5.74) is 3.99. The van der Waals surface area contributed by atoms with Crippen molar-refractivity contribution in [2.75, 3.05) is 13.7 Å². The quantitative estimate of drug-likeness (QED) is 0.772. The van der Waals surface area contributed by atoms with Crippen LogP contribution in [0.2, 0.25) is 0 Å². The molecule has 0 amide bonds. The molecule has 0 aliphatic heterocycles. The zero-order valence-corrected chi connectivity index (χ0v) is 15.6. The lowest BCUT2D eigenvalue weighted by Crippen LogP contribution is -2.30. The molecule has 0 spiro atoms. The second-order valence-corrected chi connectivity index (χ2v) is 7.71. The first-order chi connectivity index (χ1) is 10.7. The van der Waals surface area contributed by atoms with Crippen molar-refractivity contribution in [3.05, 3.63) is 35.5 Å². The molecular formula is C20H31NO2. The molecule has 0 aliphatic carbocycles. The normalized spacial score (nSPS) is 13.9. The first-order valence-electron chi connectivity index (χ1n) is 8.47. The number of benzene rings is 1. The SMILES string of the molecule is COCC(Cn1c(C(C)(C)C)cc2cc(C)ccc21)OC(C)C. The second kappa shape index (κ2) is 7.06. The van der Waals surface area contributed by atoms with E-state index in [2.05, 4.69) is 70.4 Å². The molecule has 0 saturated heterocycles. The summed E-state index contributed by atoms with van der Waals surface area (Å²) < 4.78 is 13.8. The van der Waals surface area contributed by atoms with E-state index >= 15 is 0 Å². The molecule has 1 atom stereocenters. The Kier molecular flexibility index (Phi) is 5.53. The van der Waals surface area contributed by atoms with Crippen LogP contribution in [-0.2, 0) is 21.4 Å². The van der Waals surface area contributed by atoms with E-state index in [0.29, 0.717) is 6.61 Å². The van der Waals surface area contributed by atoms with Crippen LogP contribution in [0.4, 0.5) is 0 Å². The fourth-order valence-electron chi connectivity index (χ4n) is 3.12. The number of hydrogen-bond acceptors (Lipinski definition) is 2. The number of methoxy groups -OCH3 is 1. The third-order valence-electron chi connectivity index (χ3n) is 4.03. The fourth-order valence-corrected chi connectivity index (χ4v) is 3.12. The Morgan fingerprint density at radius 3 is 2.39 bits per heavy atom. The Morgan fingerprint density at radius 2 is 1.83 bits per heavy atom. The van der Waals surface area contributed by atoms with E-state index in [9.17, 15) is 0 Å². The van der Waals surface area contributed by atoms with Gasteiger partial charge in [-0.2, -0.15) is 0 Å². The van der Waals surface area contributed by atoms with Gasteiger partial charge in [-0.25, -0.2) is 0 Å². The van der Waals surface area contributed by atoms with Crippen LogP contribution >= 0.6 is 0 Å². The molecule has 128 valence electrons. The minimum atomic E-state index is 0.0537. The van der Waals surface area contributed by atoms with Crippen molar-refractivity contribution in [3.8, 4) is 0 Å². The first-order valence-corrected chi connectivity index (χ1v) is 8.47. The molecule has 3 nitrogen and oxygen atoms in total. The van der Waals surface area contributed by atoms with Gasteiger partial charge in [-0.1, -0.05) is 32.4 Å². The van der Waals surface area contributed by atoms with Crippen molar-refractivity contribution >= 4 is 10.9 Å². The van der Waals surface area contributed by atoms with Crippen molar-refractivity contribution < 1.29 is 9.47 Å². The predicted molar refractivity (Wildman–Crippen MR) is 97.3 cm³/mol. The van der Waals surface area contributed by atoms with Gasteiger partial charge in [0.2, 0.25) is 0 Å². The number of ether oxygens (including phenoxy) is 2. The lowest BCUT2D eigenvalue weighted by atomic mass is 9.92. The number of aryl methyl sites for hydroxylation is 1. The smallest absolute Gasteiger partial charge is 0.0990 e. The number of hydrogen-bond donors (Lipinski definition) is 0. The van der Waals surface area contributed by atoms with Gasteiger partial charge in [0.05, 0.1) is 25.4 Å². The van der Waals surface area contributed by atoms with Crippen LogP contribution < -0.4 is 0 Å². The molecule has 0 saturated carbocycles. The minimum Gasteiger partial charge on any atom is -0.382 e. The van der Waals surface area contributed by atoms with Crippen molar-refractivity contribution in [1.29, 1.82) is 0 Å². The van der Waals surface area contributed by atoms with Gasteiger partial charge < -0.3 is 14.0 Å². The summed E-state index contributed by atoms with van der Waals surface area (Å²) in [4.78, 5) is 0. The lowest BCUT2D eigenvalue weighted by Gasteiger charge is -2.26.